The number of carbonyl (C=O) groups is 14. The smallest absolute Gasteiger partial charge is 0.322 e. The molecule has 0 saturated heterocycles. The molecule has 13 amide bonds. The normalized spacial score (nSPS) is 13.5. The summed E-state index contributed by atoms with van der Waals surface area (Å²) in [7, 11) is 1.51. The predicted octanol–water partition coefficient (Wildman–Crippen LogP) is -7.91. The second kappa shape index (κ2) is 38.0. The van der Waals surface area contributed by atoms with Crippen molar-refractivity contribution >= 4 is 82.8 Å². The van der Waals surface area contributed by atoms with Crippen molar-refractivity contribution in [2.24, 2.45) is 23.3 Å². The van der Waals surface area contributed by atoms with E-state index in [4.69, 9.17) is 21.3 Å². The monoisotopic (exact) mass is 1300 g/mol. The van der Waals surface area contributed by atoms with Crippen LogP contribution in [0.15, 0.2) is 61.8 Å². The molecule has 93 heavy (non-hydrogen) atoms. The van der Waals surface area contributed by atoms with E-state index in [9.17, 15) is 72.2 Å². The van der Waals surface area contributed by atoms with E-state index in [1.165, 1.54) is 44.7 Å². The summed E-state index contributed by atoms with van der Waals surface area (Å²) in [6.07, 6.45) is 6.55. The minimum atomic E-state index is -1.65. The Morgan fingerprint density at radius 3 is 1.22 bits per heavy atom. The number of amides is 13. The van der Waals surface area contributed by atoms with Crippen LogP contribution < -0.4 is 80.0 Å². The zero-order chi connectivity index (χ0) is 68.7. The van der Waals surface area contributed by atoms with Gasteiger partial charge in [-0.3, -0.25) is 67.1 Å². The third kappa shape index (κ3) is 26.6. The first kappa shape index (κ1) is 74.6. The number of nitrogens with zero attached hydrogens (tertiary/aromatic N) is 3. The Labute approximate surface area is 531 Å². The highest BCUT2D eigenvalue weighted by atomic mass is 16.5. The maximum atomic E-state index is 13.9. The molecule has 0 aliphatic heterocycles. The Balaban J connectivity index is 1.34. The second-order valence-electron chi connectivity index (χ2n) is 21.7. The highest BCUT2D eigenvalue weighted by Gasteiger charge is 2.34. The van der Waals surface area contributed by atoms with Crippen molar-refractivity contribution in [3.8, 4) is 5.75 Å². The third-order valence-electron chi connectivity index (χ3n) is 13.6. The summed E-state index contributed by atoms with van der Waals surface area (Å²) in [5.74, 6) is -13.7. The standard InChI is InChI=1S/C56H80N20O17/c1-28(2)47(55(91)73-39(15-33-18-61-27-69-33)52(88)66-23-46(83)84)76-45(82)22-64-51(87)38(14-32-17-60-26-68-32)72-54(90)36(10-11-41(58)78)70-42(79)19-63-50(86)37(13-31-16-59-25-67-31)71-43(80)20-65-53(89)40(24-77)74-56(92)48(29(3)4)75-44(81)21-62-49(85)35(57)12-30-6-8-34(93-5)9-7-30/h6-9,16-18,25-29,35-40,47-48,77H,10-15,19-24,57H2,1-5H3,(H2,58,78)(H,59,67)(H,60,68)(H,61,69)(H,62,85)(H,63,86)(H,64,87)(H,65,89)(H,66,88)(H,70,79)(H,71,80)(H,72,90)(H,73,91)(H,74,92)(H,75,81)(H,76,82)(H,83,84)/t35-,36-,37-,38-,39-,40-,47-,48-/m0/s1. The number of carboxylic acids is 1. The van der Waals surface area contributed by atoms with Crippen molar-refractivity contribution in [3.63, 3.8) is 0 Å². The third-order valence-corrected chi connectivity index (χ3v) is 13.6. The molecule has 37 heteroatoms. The van der Waals surface area contributed by atoms with Crippen molar-refractivity contribution < 1.29 is 82.1 Å². The van der Waals surface area contributed by atoms with Gasteiger partial charge in [-0.2, -0.15) is 0 Å². The lowest BCUT2D eigenvalue weighted by atomic mass is 10.0. The first-order valence-corrected chi connectivity index (χ1v) is 29.0. The molecule has 3 heterocycles. The number of primary amides is 1. The number of hydrogen-bond acceptors (Lipinski definition) is 20. The maximum Gasteiger partial charge on any atom is 0.322 e. The van der Waals surface area contributed by atoms with Gasteiger partial charge >= 0.3 is 5.97 Å². The minimum Gasteiger partial charge on any atom is -0.497 e. The molecule has 506 valence electrons. The van der Waals surface area contributed by atoms with E-state index in [-0.39, 0.29) is 25.7 Å². The van der Waals surface area contributed by atoms with Crippen LogP contribution >= 0.6 is 0 Å². The van der Waals surface area contributed by atoms with Crippen LogP contribution in [0.25, 0.3) is 0 Å². The van der Waals surface area contributed by atoms with Crippen LogP contribution in [-0.4, -0.2) is 218 Å². The fraction of sp³-hybridized carbons (Fsp3) is 0.482. The Kier molecular flexibility index (Phi) is 30.5. The number of aliphatic hydroxyl groups is 1. The van der Waals surface area contributed by atoms with Gasteiger partial charge in [-0.15, -0.1) is 0 Å². The molecular weight excluding hydrogens is 1220 g/mol. The van der Waals surface area contributed by atoms with Gasteiger partial charge in [0.2, 0.25) is 76.8 Å². The highest BCUT2D eigenvalue weighted by Crippen LogP contribution is 2.13. The molecule has 37 nitrogen and oxygen atoms in total. The number of aromatic amines is 3. The SMILES string of the molecule is COc1ccc(C[C@H](N)C(=O)NCC(=O)N[C@H](C(=O)N[C@@H](CO)C(=O)NCC(=O)N[C@@H](Cc2cnc[nH]2)C(=O)NCC(=O)N[C@@H](CCC(N)=O)C(=O)N[C@@H](Cc2cnc[nH]2)C(=O)NCC(=O)N[C@H](C(=O)N[C@@H](Cc2cnc[nH]2)C(=O)NCC(=O)O)C(C)C)C(C)C)cc1. The number of carboxylic acid groups (broad SMARTS) is 1. The van der Waals surface area contributed by atoms with E-state index in [0.29, 0.717) is 22.8 Å². The molecule has 21 N–H and O–H groups in total. The van der Waals surface area contributed by atoms with Crippen LogP contribution in [-0.2, 0) is 92.8 Å². The number of nitrogens with one attached hydrogen (secondary N) is 15. The summed E-state index contributed by atoms with van der Waals surface area (Å²) < 4.78 is 5.13. The molecule has 0 spiro atoms. The topological polar surface area (TPSA) is 571 Å². The van der Waals surface area contributed by atoms with Crippen LogP contribution in [0.1, 0.15) is 63.2 Å². The van der Waals surface area contributed by atoms with Gasteiger partial charge in [0, 0.05) is 61.4 Å². The molecule has 4 aromatic rings. The van der Waals surface area contributed by atoms with Crippen molar-refractivity contribution in [2.45, 2.75) is 115 Å². The molecule has 0 bridgehead atoms. The number of methoxy groups -OCH3 is 1. The molecule has 0 saturated carbocycles. The summed E-state index contributed by atoms with van der Waals surface area (Å²) in [5, 5.41) is 47.8. The Bertz CT molecular complexity index is 3180. The molecule has 3 aromatic heterocycles. The van der Waals surface area contributed by atoms with Crippen molar-refractivity contribution in [1.29, 1.82) is 0 Å². The van der Waals surface area contributed by atoms with Gasteiger partial charge in [-0.05, 0) is 42.4 Å². The van der Waals surface area contributed by atoms with Crippen molar-refractivity contribution in [2.75, 3.05) is 46.4 Å². The molecule has 0 aliphatic rings. The van der Waals surface area contributed by atoms with Crippen LogP contribution in [0.2, 0.25) is 0 Å². The van der Waals surface area contributed by atoms with E-state index < -0.39 is 195 Å². The largest absolute Gasteiger partial charge is 0.497 e. The Morgan fingerprint density at radius 1 is 0.473 bits per heavy atom. The van der Waals surface area contributed by atoms with E-state index in [1.807, 2.05) is 0 Å². The van der Waals surface area contributed by atoms with Crippen LogP contribution in [0.5, 0.6) is 5.75 Å². The molecule has 4 rings (SSSR count). The van der Waals surface area contributed by atoms with E-state index in [0.717, 1.165) is 5.56 Å². The molecule has 8 atom stereocenters. The van der Waals surface area contributed by atoms with Crippen molar-refractivity contribution in [1.82, 2.24) is 93.7 Å². The summed E-state index contributed by atoms with van der Waals surface area (Å²) in [5.41, 5.74) is 13.2. The molecular formula is C56H80N20O17. The average Bonchev–Trinajstić information content (AvgIpc) is 2.89. The van der Waals surface area contributed by atoms with Crippen LogP contribution in [0.3, 0.4) is 0 Å². The number of ether oxygens (including phenoxy) is 1. The number of H-pyrrole nitrogens is 3. The zero-order valence-electron chi connectivity index (χ0n) is 51.5. The fourth-order valence-corrected chi connectivity index (χ4v) is 8.60. The number of rotatable bonds is 40. The van der Waals surface area contributed by atoms with Crippen LogP contribution in [0, 0.1) is 11.8 Å². The second-order valence-corrected chi connectivity index (χ2v) is 21.7. The van der Waals surface area contributed by atoms with Gasteiger partial charge in [0.05, 0.1) is 64.9 Å². The van der Waals surface area contributed by atoms with Crippen LogP contribution in [0.4, 0.5) is 0 Å². The zero-order valence-corrected chi connectivity index (χ0v) is 51.5. The first-order valence-electron chi connectivity index (χ1n) is 29.0. The number of carbonyl (C=O) groups excluding carboxylic acids is 13. The number of aliphatic carboxylic acids is 1. The van der Waals surface area contributed by atoms with E-state index in [1.54, 1.807) is 52.0 Å². The predicted molar refractivity (Wildman–Crippen MR) is 323 cm³/mol. The molecule has 0 unspecified atom stereocenters. The molecule has 1 aromatic carbocycles. The summed E-state index contributed by atoms with van der Waals surface area (Å²) in [6.45, 7) is 1.64. The van der Waals surface area contributed by atoms with Gasteiger partial charge < -0.3 is 105 Å². The van der Waals surface area contributed by atoms with Gasteiger partial charge in [-0.25, -0.2) is 15.0 Å². The number of aliphatic hydroxyl groups excluding tert-OH is 1. The molecule has 0 fully saturated rings. The Morgan fingerprint density at radius 2 is 0.839 bits per heavy atom. The average molecular weight is 1310 g/mol. The summed E-state index contributed by atoms with van der Waals surface area (Å²) in [6, 6.07) is -4.26. The number of hydrogen-bond donors (Lipinski definition) is 19. The maximum absolute atomic E-state index is 13.9. The molecule has 0 radical (unpaired) electrons. The van der Waals surface area contributed by atoms with Gasteiger partial charge in [-0.1, -0.05) is 39.8 Å². The first-order chi connectivity index (χ1) is 44.2. The number of benzene rings is 1. The number of aromatic nitrogens is 6. The van der Waals surface area contributed by atoms with Gasteiger partial charge in [0.15, 0.2) is 0 Å². The lowest BCUT2D eigenvalue weighted by Crippen LogP contribution is -2.58. The number of nitrogens with two attached hydrogens (primary N) is 2. The lowest BCUT2D eigenvalue weighted by Gasteiger charge is -2.25. The van der Waals surface area contributed by atoms with E-state index >= 15 is 0 Å². The quantitative estimate of drug-likeness (QED) is 0.0197. The summed E-state index contributed by atoms with van der Waals surface area (Å²) >= 11 is 0. The molecule has 0 aliphatic carbocycles. The van der Waals surface area contributed by atoms with E-state index in [2.05, 4.69) is 93.7 Å². The fourth-order valence-electron chi connectivity index (χ4n) is 8.60. The van der Waals surface area contributed by atoms with Gasteiger partial charge in [0.25, 0.3) is 0 Å². The number of imidazole rings is 3. The summed E-state index contributed by atoms with van der Waals surface area (Å²) in [4.78, 5) is 203. The van der Waals surface area contributed by atoms with Crippen molar-refractivity contribution in [3.05, 3.63) is 84.5 Å². The lowest BCUT2D eigenvalue weighted by molar-refractivity contribution is -0.138. The highest BCUT2D eigenvalue weighted by molar-refractivity contribution is 5.98. The minimum absolute atomic E-state index is 0.131. The Hall–Kier alpha value is -10.9. The van der Waals surface area contributed by atoms with Gasteiger partial charge in [0.1, 0.15) is 54.6 Å².